The number of rotatable bonds is 8. The summed E-state index contributed by atoms with van der Waals surface area (Å²) in [6.45, 7) is 3.11. The van der Waals surface area contributed by atoms with Crippen molar-refractivity contribution in [2.45, 2.75) is 12.6 Å². The minimum absolute atomic E-state index is 0.0341. The number of ether oxygens (including phenoxy) is 1. The van der Waals surface area contributed by atoms with Crippen LogP contribution in [0.15, 0.2) is 30.3 Å². The quantitative estimate of drug-likeness (QED) is 0.731. The predicted molar refractivity (Wildman–Crippen MR) is 94.2 cm³/mol. The van der Waals surface area contributed by atoms with Crippen LogP contribution in [0.2, 0.25) is 0 Å². The zero-order valence-corrected chi connectivity index (χ0v) is 14.9. The Morgan fingerprint density at radius 2 is 1.92 bits per heavy atom. The molecule has 138 valence electrons. The van der Waals surface area contributed by atoms with Crippen LogP contribution in [0, 0.1) is 0 Å². The van der Waals surface area contributed by atoms with Gasteiger partial charge < -0.3 is 14.7 Å². The van der Waals surface area contributed by atoms with E-state index in [1.807, 2.05) is 47.2 Å². The van der Waals surface area contributed by atoms with Crippen molar-refractivity contribution in [3.05, 3.63) is 35.9 Å². The summed E-state index contributed by atoms with van der Waals surface area (Å²) in [5.74, 6) is -0.790. The smallest absolute Gasteiger partial charge is 0.317 e. The van der Waals surface area contributed by atoms with Crippen LogP contribution in [0.5, 0.6) is 0 Å². The number of nitrogens with zero attached hydrogens (tertiary/aromatic N) is 3. The minimum atomic E-state index is -0.867. The highest BCUT2D eigenvalue weighted by atomic mass is 16.5. The van der Waals surface area contributed by atoms with E-state index >= 15 is 0 Å². The van der Waals surface area contributed by atoms with Gasteiger partial charge in [-0.15, -0.1) is 0 Å². The lowest BCUT2D eigenvalue weighted by atomic mass is 10.2. The van der Waals surface area contributed by atoms with Crippen LogP contribution >= 0.6 is 0 Å². The van der Waals surface area contributed by atoms with Crippen molar-refractivity contribution in [3.63, 3.8) is 0 Å². The van der Waals surface area contributed by atoms with Crippen molar-refractivity contribution >= 4 is 11.9 Å². The third kappa shape index (κ3) is 6.81. The van der Waals surface area contributed by atoms with E-state index < -0.39 is 5.97 Å². The summed E-state index contributed by atoms with van der Waals surface area (Å²) in [4.78, 5) is 28.8. The first-order valence-electron chi connectivity index (χ1n) is 8.46. The fourth-order valence-corrected chi connectivity index (χ4v) is 2.98. The maximum absolute atomic E-state index is 12.5. The molecule has 7 heteroatoms. The molecule has 1 N–H and O–H groups in total. The molecule has 7 nitrogen and oxygen atoms in total. The molecule has 1 aromatic rings. The molecule has 1 aliphatic rings. The lowest BCUT2D eigenvalue weighted by molar-refractivity contribution is -0.143. The highest BCUT2D eigenvalue weighted by Gasteiger charge is 2.26. The maximum Gasteiger partial charge on any atom is 0.317 e. The van der Waals surface area contributed by atoms with Crippen molar-refractivity contribution in [1.82, 2.24) is 14.7 Å². The molecule has 1 heterocycles. The first kappa shape index (κ1) is 19.4. The van der Waals surface area contributed by atoms with Gasteiger partial charge in [0.25, 0.3) is 0 Å². The molecule has 1 atom stereocenters. The molecule has 1 unspecified atom stereocenters. The molecular formula is C18H27N3O4. The molecule has 25 heavy (non-hydrogen) atoms. The summed E-state index contributed by atoms with van der Waals surface area (Å²) >= 11 is 0. The van der Waals surface area contributed by atoms with Gasteiger partial charge in [0.2, 0.25) is 5.91 Å². The Labute approximate surface area is 148 Å². The number of hydrogen-bond donors (Lipinski definition) is 1. The van der Waals surface area contributed by atoms with Gasteiger partial charge in [0.15, 0.2) is 0 Å². The monoisotopic (exact) mass is 349 g/mol. The molecule has 0 aliphatic carbocycles. The van der Waals surface area contributed by atoms with Gasteiger partial charge in [-0.2, -0.15) is 0 Å². The van der Waals surface area contributed by atoms with E-state index in [2.05, 4.69) is 0 Å². The standard InChI is InChI=1S/C18H27N3O4/c1-19(10-15-6-4-3-5-7-15)13-17(22)21-8-9-25-16(12-21)11-20(2)14-18(23)24/h3-7,16H,8-14H2,1-2H3,(H,23,24). The zero-order chi connectivity index (χ0) is 18.2. The number of amides is 1. The van der Waals surface area contributed by atoms with Gasteiger partial charge in [-0.1, -0.05) is 30.3 Å². The Balaban J connectivity index is 1.79. The van der Waals surface area contributed by atoms with Crippen LogP contribution in [-0.2, 0) is 20.9 Å². The highest BCUT2D eigenvalue weighted by molar-refractivity contribution is 5.78. The Morgan fingerprint density at radius 3 is 2.60 bits per heavy atom. The average molecular weight is 349 g/mol. The van der Waals surface area contributed by atoms with Gasteiger partial charge in [-0.25, -0.2) is 0 Å². The van der Waals surface area contributed by atoms with Crippen molar-refractivity contribution in [3.8, 4) is 0 Å². The van der Waals surface area contributed by atoms with E-state index in [1.165, 1.54) is 5.56 Å². The number of carbonyl (C=O) groups excluding carboxylic acids is 1. The Morgan fingerprint density at radius 1 is 1.20 bits per heavy atom. The normalized spacial score (nSPS) is 17.9. The highest BCUT2D eigenvalue weighted by Crippen LogP contribution is 2.09. The molecule has 0 bridgehead atoms. The fourth-order valence-electron chi connectivity index (χ4n) is 2.98. The molecule has 1 amide bonds. The third-order valence-electron chi connectivity index (χ3n) is 4.11. The van der Waals surface area contributed by atoms with Crippen LogP contribution in [0.25, 0.3) is 0 Å². The second-order valence-corrected chi connectivity index (χ2v) is 6.58. The van der Waals surface area contributed by atoms with Gasteiger partial charge in [0.05, 0.1) is 25.8 Å². The molecule has 1 saturated heterocycles. The summed E-state index contributed by atoms with van der Waals surface area (Å²) in [7, 11) is 3.68. The van der Waals surface area contributed by atoms with E-state index in [1.54, 1.807) is 11.9 Å². The van der Waals surface area contributed by atoms with Crippen LogP contribution in [-0.4, -0.2) is 91.2 Å². The van der Waals surface area contributed by atoms with Gasteiger partial charge in [-0.05, 0) is 19.7 Å². The Kier molecular flexibility index (Phi) is 7.36. The number of aliphatic carboxylic acids is 1. The summed E-state index contributed by atoms with van der Waals surface area (Å²) in [6, 6.07) is 10.0. The van der Waals surface area contributed by atoms with E-state index in [0.717, 1.165) is 6.54 Å². The number of likely N-dealkylation sites (N-methyl/N-ethyl adjacent to an activating group) is 2. The Hall–Kier alpha value is -1.96. The summed E-state index contributed by atoms with van der Waals surface area (Å²) in [5.41, 5.74) is 1.17. The summed E-state index contributed by atoms with van der Waals surface area (Å²) in [5, 5.41) is 8.82. The second-order valence-electron chi connectivity index (χ2n) is 6.58. The zero-order valence-electron chi connectivity index (χ0n) is 14.9. The van der Waals surface area contributed by atoms with Crippen molar-refractivity contribution in [1.29, 1.82) is 0 Å². The lowest BCUT2D eigenvalue weighted by Gasteiger charge is -2.35. The predicted octanol–water partition coefficient (Wildman–Crippen LogP) is 0.362. The van der Waals surface area contributed by atoms with Gasteiger partial charge in [0, 0.05) is 26.2 Å². The van der Waals surface area contributed by atoms with E-state index in [0.29, 0.717) is 32.8 Å². The Bertz CT molecular complexity index is 567. The largest absolute Gasteiger partial charge is 0.480 e. The van der Waals surface area contributed by atoms with E-state index in [9.17, 15) is 9.59 Å². The molecule has 0 aromatic heterocycles. The number of carboxylic acid groups (broad SMARTS) is 1. The molecule has 0 saturated carbocycles. The van der Waals surface area contributed by atoms with Crippen LogP contribution < -0.4 is 0 Å². The third-order valence-corrected chi connectivity index (χ3v) is 4.11. The first-order chi connectivity index (χ1) is 11.9. The minimum Gasteiger partial charge on any atom is -0.480 e. The summed E-state index contributed by atoms with van der Waals surface area (Å²) in [6.07, 6.45) is -0.151. The van der Waals surface area contributed by atoms with Crippen molar-refractivity contribution < 1.29 is 19.4 Å². The molecule has 0 spiro atoms. The van der Waals surface area contributed by atoms with E-state index in [4.69, 9.17) is 9.84 Å². The molecule has 1 aliphatic heterocycles. The molecular weight excluding hydrogens is 322 g/mol. The first-order valence-corrected chi connectivity index (χ1v) is 8.46. The van der Waals surface area contributed by atoms with Crippen molar-refractivity contribution in [2.24, 2.45) is 0 Å². The lowest BCUT2D eigenvalue weighted by Crippen LogP contribution is -2.51. The number of hydrogen-bond acceptors (Lipinski definition) is 5. The van der Waals surface area contributed by atoms with Crippen LogP contribution in [0.4, 0.5) is 0 Å². The number of benzene rings is 1. The fraction of sp³-hybridized carbons (Fsp3) is 0.556. The van der Waals surface area contributed by atoms with Crippen LogP contribution in [0.3, 0.4) is 0 Å². The molecule has 2 rings (SSSR count). The SMILES string of the molecule is CN(CC(=O)N1CCOC(CN(C)CC(=O)O)C1)Cc1ccccc1. The molecule has 1 fully saturated rings. The molecule has 1 aromatic carbocycles. The van der Waals surface area contributed by atoms with Gasteiger partial charge in [-0.3, -0.25) is 19.4 Å². The number of morpholine rings is 1. The van der Waals surface area contributed by atoms with Crippen molar-refractivity contribution in [2.75, 3.05) is 53.4 Å². The van der Waals surface area contributed by atoms with Gasteiger partial charge >= 0.3 is 5.97 Å². The topological polar surface area (TPSA) is 73.3 Å². The van der Waals surface area contributed by atoms with Gasteiger partial charge in [0.1, 0.15) is 0 Å². The molecule has 0 radical (unpaired) electrons. The van der Waals surface area contributed by atoms with Crippen LogP contribution in [0.1, 0.15) is 5.56 Å². The number of carbonyl (C=O) groups is 2. The maximum atomic E-state index is 12.5. The second kappa shape index (κ2) is 9.50. The van der Waals surface area contributed by atoms with E-state index in [-0.39, 0.29) is 18.6 Å². The summed E-state index contributed by atoms with van der Waals surface area (Å²) < 4.78 is 5.67. The number of carboxylic acids is 1. The average Bonchev–Trinajstić information content (AvgIpc) is 2.55.